The Kier molecular flexibility index (Phi) is 3.73. The van der Waals surface area contributed by atoms with Gasteiger partial charge in [0.25, 0.3) is 0 Å². The van der Waals surface area contributed by atoms with E-state index in [4.69, 9.17) is 10.5 Å². The summed E-state index contributed by atoms with van der Waals surface area (Å²) in [5, 5.41) is 0. The number of rotatable bonds is 2. The molecule has 4 heteroatoms. The van der Waals surface area contributed by atoms with E-state index in [0.717, 1.165) is 25.8 Å². The zero-order valence-corrected chi connectivity index (χ0v) is 10.9. The van der Waals surface area contributed by atoms with Crippen molar-refractivity contribution in [2.45, 2.75) is 51.6 Å². The van der Waals surface area contributed by atoms with Crippen LogP contribution >= 0.6 is 0 Å². The first-order valence-electron chi connectivity index (χ1n) is 6.74. The van der Waals surface area contributed by atoms with Gasteiger partial charge in [-0.15, -0.1) is 0 Å². The van der Waals surface area contributed by atoms with Gasteiger partial charge in [0.05, 0.1) is 18.6 Å². The first-order chi connectivity index (χ1) is 8.09. The first-order valence-corrected chi connectivity index (χ1v) is 6.74. The Morgan fingerprint density at radius 2 is 2.29 bits per heavy atom. The van der Waals surface area contributed by atoms with Crippen LogP contribution in [0.15, 0.2) is 0 Å². The summed E-state index contributed by atoms with van der Waals surface area (Å²) in [5.41, 5.74) is 5.53. The fourth-order valence-corrected chi connectivity index (χ4v) is 2.93. The molecule has 3 unspecified atom stereocenters. The van der Waals surface area contributed by atoms with Crippen LogP contribution in [0.3, 0.4) is 0 Å². The van der Waals surface area contributed by atoms with E-state index in [0.29, 0.717) is 19.3 Å². The summed E-state index contributed by atoms with van der Waals surface area (Å²) in [6, 6.07) is 0.246. The summed E-state index contributed by atoms with van der Waals surface area (Å²) in [5.74, 6) is 0.203. The Bertz CT molecular complexity index is 295. The second-order valence-electron chi connectivity index (χ2n) is 5.60. The van der Waals surface area contributed by atoms with Crippen molar-refractivity contribution in [2.24, 2.45) is 11.1 Å². The molecule has 17 heavy (non-hydrogen) atoms. The number of amides is 1. The van der Waals surface area contributed by atoms with Crippen LogP contribution in [-0.2, 0) is 9.53 Å². The number of nitrogens with zero attached hydrogens (tertiary/aromatic N) is 1. The summed E-state index contributed by atoms with van der Waals surface area (Å²) in [6.07, 6.45) is 4.53. The van der Waals surface area contributed by atoms with E-state index < -0.39 is 5.41 Å². The van der Waals surface area contributed by atoms with Gasteiger partial charge in [0.1, 0.15) is 0 Å². The molecule has 0 bridgehead atoms. The molecule has 0 spiro atoms. The molecule has 2 saturated heterocycles. The molecule has 4 nitrogen and oxygen atoms in total. The van der Waals surface area contributed by atoms with Gasteiger partial charge < -0.3 is 15.4 Å². The lowest BCUT2D eigenvalue weighted by atomic mass is 9.82. The van der Waals surface area contributed by atoms with Gasteiger partial charge in [-0.25, -0.2) is 0 Å². The average molecular weight is 240 g/mol. The van der Waals surface area contributed by atoms with Gasteiger partial charge in [-0.1, -0.05) is 6.92 Å². The van der Waals surface area contributed by atoms with Gasteiger partial charge >= 0.3 is 0 Å². The fourth-order valence-electron chi connectivity index (χ4n) is 2.93. The maximum absolute atomic E-state index is 12.7. The van der Waals surface area contributed by atoms with Crippen LogP contribution in [0.4, 0.5) is 0 Å². The Hall–Kier alpha value is -0.610. The highest BCUT2D eigenvalue weighted by atomic mass is 16.5. The number of nitrogens with two attached hydrogens (primary N) is 1. The minimum atomic E-state index is -0.509. The van der Waals surface area contributed by atoms with Crippen LogP contribution in [0.1, 0.15) is 39.5 Å². The van der Waals surface area contributed by atoms with Crippen molar-refractivity contribution >= 4 is 5.91 Å². The van der Waals surface area contributed by atoms with E-state index in [2.05, 4.69) is 11.8 Å². The largest absolute Gasteiger partial charge is 0.379 e. The highest BCUT2D eigenvalue weighted by Gasteiger charge is 2.47. The van der Waals surface area contributed by atoms with Crippen molar-refractivity contribution < 1.29 is 9.53 Å². The zero-order chi connectivity index (χ0) is 12.5. The third kappa shape index (κ3) is 2.20. The molecule has 2 rings (SSSR count). The van der Waals surface area contributed by atoms with Crippen molar-refractivity contribution in [3.63, 3.8) is 0 Å². The summed E-state index contributed by atoms with van der Waals surface area (Å²) in [4.78, 5) is 14.7. The Balaban J connectivity index is 2.12. The third-order valence-electron chi connectivity index (χ3n) is 4.37. The quantitative estimate of drug-likeness (QED) is 0.787. The van der Waals surface area contributed by atoms with Crippen LogP contribution in [0.5, 0.6) is 0 Å². The van der Waals surface area contributed by atoms with E-state index in [1.54, 1.807) is 0 Å². The highest BCUT2D eigenvalue weighted by Crippen LogP contribution is 2.32. The van der Waals surface area contributed by atoms with E-state index in [9.17, 15) is 4.79 Å². The van der Waals surface area contributed by atoms with E-state index >= 15 is 0 Å². The van der Waals surface area contributed by atoms with E-state index in [1.165, 1.54) is 6.42 Å². The van der Waals surface area contributed by atoms with Crippen LogP contribution in [0.2, 0.25) is 0 Å². The van der Waals surface area contributed by atoms with Crippen molar-refractivity contribution in [2.75, 3.05) is 19.8 Å². The lowest BCUT2D eigenvalue weighted by molar-refractivity contribution is -0.145. The molecule has 1 amide bonds. The zero-order valence-electron chi connectivity index (χ0n) is 10.9. The molecular formula is C13H24N2O2. The van der Waals surface area contributed by atoms with Crippen molar-refractivity contribution in [3.05, 3.63) is 0 Å². The first kappa shape index (κ1) is 12.8. The highest BCUT2D eigenvalue weighted by molar-refractivity contribution is 5.84. The van der Waals surface area contributed by atoms with Crippen molar-refractivity contribution in [3.8, 4) is 0 Å². The lowest BCUT2D eigenvalue weighted by Gasteiger charge is -2.40. The number of hydrogen-bond acceptors (Lipinski definition) is 3. The minimum absolute atomic E-state index is 0.158. The van der Waals surface area contributed by atoms with Crippen molar-refractivity contribution in [1.82, 2.24) is 4.90 Å². The van der Waals surface area contributed by atoms with Gasteiger partial charge in [0, 0.05) is 18.6 Å². The molecule has 0 aromatic rings. The maximum Gasteiger partial charge on any atom is 0.232 e. The molecule has 98 valence electrons. The number of carbonyl (C=O) groups excluding carboxylic acids is 1. The minimum Gasteiger partial charge on any atom is -0.379 e. The summed E-state index contributed by atoms with van der Waals surface area (Å²) >= 11 is 0. The predicted molar refractivity (Wildman–Crippen MR) is 66.5 cm³/mol. The molecule has 3 atom stereocenters. The SMILES string of the molecule is CCC1CCCCN1C(=O)C1(C)COCC1N. The van der Waals surface area contributed by atoms with Crippen LogP contribution in [-0.4, -0.2) is 42.6 Å². The van der Waals surface area contributed by atoms with Gasteiger partial charge in [0.15, 0.2) is 0 Å². The molecule has 2 aliphatic heterocycles. The molecule has 0 saturated carbocycles. The van der Waals surface area contributed by atoms with Gasteiger partial charge in [-0.3, -0.25) is 4.79 Å². The van der Waals surface area contributed by atoms with Gasteiger partial charge in [-0.05, 0) is 32.6 Å². The molecule has 0 aromatic heterocycles. The Morgan fingerprint density at radius 3 is 2.88 bits per heavy atom. The van der Waals surface area contributed by atoms with Crippen molar-refractivity contribution in [1.29, 1.82) is 0 Å². The molecule has 2 heterocycles. The third-order valence-corrected chi connectivity index (χ3v) is 4.37. The number of hydrogen-bond donors (Lipinski definition) is 1. The smallest absolute Gasteiger partial charge is 0.232 e. The normalized spacial score (nSPS) is 38.4. The topological polar surface area (TPSA) is 55.6 Å². The van der Waals surface area contributed by atoms with Crippen LogP contribution < -0.4 is 5.73 Å². The number of ether oxygens (including phenoxy) is 1. The second-order valence-corrected chi connectivity index (χ2v) is 5.60. The monoisotopic (exact) mass is 240 g/mol. The molecule has 0 aliphatic carbocycles. The van der Waals surface area contributed by atoms with E-state index in [1.807, 2.05) is 6.92 Å². The molecular weight excluding hydrogens is 216 g/mol. The summed E-state index contributed by atoms with van der Waals surface area (Å²) in [7, 11) is 0. The Morgan fingerprint density at radius 1 is 1.53 bits per heavy atom. The molecule has 0 radical (unpaired) electrons. The second kappa shape index (κ2) is 4.94. The standard InChI is InChI=1S/C13H24N2O2/c1-3-10-6-4-5-7-15(10)12(16)13(2)9-17-8-11(13)14/h10-11H,3-9,14H2,1-2H3. The summed E-state index contributed by atoms with van der Waals surface area (Å²) in [6.45, 7) is 5.98. The predicted octanol–water partition coefficient (Wildman–Crippen LogP) is 1.14. The average Bonchev–Trinajstić information content (AvgIpc) is 2.70. The van der Waals surface area contributed by atoms with Gasteiger partial charge in [0.2, 0.25) is 5.91 Å². The lowest BCUT2D eigenvalue weighted by Crippen LogP contribution is -2.55. The van der Waals surface area contributed by atoms with Gasteiger partial charge in [-0.2, -0.15) is 0 Å². The van der Waals surface area contributed by atoms with Crippen LogP contribution in [0.25, 0.3) is 0 Å². The fraction of sp³-hybridized carbons (Fsp3) is 0.923. The number of carbonyl (C=O) groups is 1. The number of likely N-dealkylation sites (tertiary alicyclic amines) is 1. The van der Waals surface area contributed by atoms with Crippen LogP contribution in [0, 0.1) is 5.41 Å². The Labute approximate surface area is 103 Å². The molecule has 2 aliphatic rings. The van der Waals surface area contributed by atoms with E-state index in [-0.39, 0.29) is 11.9 Å². The molecule has 2 fully saturated rings. The number of piperidine rings is 1. The molecule has 2 N–H and O–H groups in total. The maximum atomic E-state index is 12.7. The summed E-state index contributed by atoms with van der Waals surface area (Å²) < 4.78 is 5.38. The molecule has 0 aromatic carbocycles.